The van der Waals surface area contributed by atoms with Crippen molar-refractivity contribution in [2.45, 2.75) is 31.1 Å². The fraction of sp³-hybridized carbons (Fsp3) is 0.115. The number of allylic oxidation sites excluding steroid dienone is 9. The van der Waals surface area contributed by atoms with E-state index in [-0.39, 0.29) is 16.7 Å². The third-order valence-corrected chi connectivity index (χ3v) is 12.7. The van der Waals surface area contributed by atoms with Crippen molar-refractivity contribution in [3.63, 3.8) is 0 Å². The molecule has 11 rings (SSSR count). The summed E-state index contributed by atoms with van der Waals surface area (Å²) in [5.74, 6) is 2.15. The fourth-order valence-electron chi connectivity index (χ4n) is 9.72. The van der Waals surface area contributed by atoms with Crippen LogP contribution in [0.1, 0.15) is 48.1 Å². The molecule has 0 saturated carbocycles. The van der Waals surface area contributed by atoms with Gasteiger partial charge in [-0.1, -0.05) is 153 Å². The maximum absolute atomic E-state index is 6.71. The third kappa shape index (κ3) is 4.44. The molecule has 7 aromatic rings. The van der Waals surface area contributed by atoms with Crippen molar-refractivity contribution in [1.82, 2.24) is 0 Å². The molecule has 0 N–H and O–H groups in total. The summed E-state index contributed by atoms with van der Waals surface area (Å²) in [7, 11) is 0. The van der Waals surface area contributed by atoms with Crippen LogP contribution in [0.3, 0.4) is 0 Å². The summed E-state index contributed by atoms with van der Waals surface area (Å²) in [5.41, 5.74) is 11.2. The minimum atomic E-state index is -0.287. The maximum atomic E-state index is 6.71. The van der Waals surface area contributed by atoms with Gasteiger partial charge in [0, 0.05) is 16.9 Å². The van der Waals surface area contributed by atoms with E-state index in [1.54, 1.807) is 0 Å². The monoisotopic (exact) mass is 678 g/mol. The van der Waals surface area contributed by atoms with Crippen molar-refractivity contribution >= 4 is 37.9 Å². The van der Waals surface area contributed by atoms with Gasteiger partial charge in [0.1, 0.15) is 11.5 Å². The van der Waals surface area contributed by atoms with E-state index in [2.05, 4.69) is 190 Å². The van der Waals surface area contributed by atoms with E-state index in [1.165, 1.54) is 82.4 Å². The molecule has 1 aliphatic heterocycles. The van der Waals surface area contributed by atoms with Crippen LogP contribution in [0.2, 0.25) is 0 Å². The summed E-state index contributed by atoms with van der Waals surface area (Å²) >= 11 is 0. The van der Waals surface area contributed by atoms with Gasteiger partial charge >= 0.3 is 0 Å². The van der Waals surface area contributed by atoms with Gasteiger partial charge in [-0.3, -0.25) is 0 Å². The smallest absolute Gasteiger partial charge is 0.131 e. The first-order valence-corrected chi connectivity index (χ1v) is 18.8. The lowest BCUT2D eigenvalue weighted by atomic mass is 9.57. The number of fused-ring (bicyclic) bond motifs is 8. The van der Waals surface area contributed by atoms with Gasteiger partial charge in [0.15, 0.2) is 0 Å². The van der Waals surface area contributed by atoms with Gasteiger partial charge in [-0.05, 0) is 121 Å². The van der Waals surface area contributed by atoms with E-state index in [4.69, 9.17) is 4.74 Å². The van der Waals surface area contributed by atoms with Crippen LogP contribution in [0.15, 0.2) is 198 Å². The largest absolute Gasteiger partial charge is 0.460 e. The molecule has 0 amide bonds. The molecule has 3 aliphatic carbocycles. The van der Waals surface area contributed by atoms with E-state index in [0.717, 1.165) is 17.9 Å². The summed E-state index contributed by atoms with van der Waals surface area (Å²) < 4.78 is 6.71. The number of hydrogen-bond acceptors (Lipinski definition) is 1. The Morgan fingerprint density at radius 2 is 1.21 bits per heavy atom. The van der Waals surface area contributed by atoms with Gasteiger partial charge in [-0.25, -0.2) is 0 Å². The summed E-state index contributed by atoms with van der Waals surface area (Å²) in [6.07, 6.45) is 13.0. The zero-order valence-corrected chi connectivity index (χ0v) is 29.9. The van der Waals surface area contributed by atoms with Crippen LogP contribution in [0.25, 0.3) is 37.9 Å². The summed E-state index contributed by atoms with van der Waals surface area (Å²) in [6, 6.07) is 53.8. The highest BCUT2D eigenvalue weighted by atomic mass is 16.5. The molecule has 1 nitrogen and oxygen atoms in total. The second-order valence-corrected chi connectivity index (χ2v) is 15.6. The topological polar surface area (TPSA) is 9.23 Å². The Hall–Kier alpha value is -6.18. The van der Waals surface area contributed by atoms with Crippen LogP contribution in [0.5, 0.6) is 5.75 Å². The molecule has 1 heteroatoms. The minimum Gasteiger partial charge on any atom is -0.460 e. The predicted molar refractivity (Wildman–Crippen MR) is 220 cm³/mol. The average Bonchev–Trinajstić information content (AvgIpc) is 3.49. The molecule has 0 aromatic heterocycles. The maximum Gasteiger partial charge on any atom is 0.131 e. The van der Waals surface area contributed by atoms with Crippen molar-refractivity contribution in [3.05, 3.63) is 226 Å². The molecule has 0 bridgehead atoms. The lowest BCUT2D eigenvalue weighted by molar-refractivity contribution is 0.376. The Balaban J connectivity index is 1.10. The third-order valence-electron chi connectivity index (χ3n) is 12.7. The summed E-state index contributed by atoms with van der Waals surface area (Å²) in [6.45, 7) is 4.79. The zero-order valence-electron chi connectivity index (χ0n) is 29.9. The summed E-state index contributed by atoms with van der Waals surface area (Å²) in [5, 5.41) is 7.54. The predicted octanol–water partition coefficient (Wildman–Crippen LogP) is 12.9. The minimum absolute atomic E-state index is 0.130. The highest BCUT2D eigenvalue weighted by Gasteiger charge is 2.46. The van der Waals surface area contributed by atoms with E-state index in [1.807, 2.05) is 0 Å². The molecule has 0 saturated heterocycles. The lowest BCUT2D eigenvalue weighted by Crippen LogP contribution is -2.38. The molecule has 53 heavy (non-hydrogen) atoms. The van der Waals surface area contributed by atoms with Gasteiger partial charge < -0.3 is 4.74 Å². The molecular weight excluding hydrogens is 641 g/mol. The first-order valence-electron chi connectivity index (χ1n) is 18.8. The highest BCUT2D eigenvalue weighted by molar-refractivity contribution is 5.95. The Kier molecular flexibility index (Phi) is 6.41. The van der Waals surface area contributed by atoms with Crippen LogP contribution in [-0.2, 0) is 10.8 Å². The van der Waals surface area contributed by atoms with Crippen molar-refractivity contribution in [3.8, 4) is 5.75 Å². The second kappa shape index (κ2) is 11.2. The van der Waals surface area contributed by atoms with E-state index in [9.17, 15) is 0 Å². The number of benzene rings is 7. The van der Waals surface area contributed by atoms with Crippen LogP contribution < -0.4 is 4.74 Å². The van der Waals surface area contributed by atoms with E-state index >= 15 is 0 Å². The molecule has 252 valence electrons. The average molecular weight is 679 g/mol. The fourth-order valence-corrected chi connectivity index (χ4v) is 9.72. The van der Waals surface area contributed by atoms with Crippen molar-refractivity contribution < 1.29 is 4.74 Å². The molecule has 0 radical (unpaired) electrons. The molecule has 0 spiro atoms. The summed E-state index contributed by atoms with van der Waals surface area (Å²) in [4.78, 5) is 0. The first kappa shape index (κ1) is 30.4. The van der Waals surface area contributed by atoms with Crippen molar-refractivity contribution in [1.29, 1.82) is 0 Å². The Morgan fingerprint density at radius 1 is 0.566 bits per heavy atom. The molecule has 3 atom stereocenters. The Bertz CT molecular complexity index is 2880. The second-order valence-electron chi connectivity index (χ2n) is 15.6. The van der Waals surface area contributed by atoms with Crippen LogP contribution >= 0.6 is 0 Å². The first-order chi connectivity index (χ1) is 26.0. The number of rotatable bonds is 3. The molecule has 1 heterocycles. The molecule has 0 fully saturated rings. The van der Waals surface area contributed by atoms with Gasteiger partial charge in [-0.15, -0.1) is 0 Å². The SMILES string of the molecule is CC12CC=C(C3=CC4=C(c5ccc6ccccc6c5)c5ccccc5C(C)(c5ccc6ccccc6c5)C4C=C3)C=C1Oc1cc3ccccc3cc12. The molecule has 3 unspecified atom stereocenters. The number of ether oxygens (including phenoxy) is 1. The lowest BCUT2D eigenvalue weighted by Gasteiger charge is -2.45. The quantitative estimate of drug-likeness (QED) is 0.181. The standard InChI is InChI=1S/C52H38O/c1-51-26-25-40(32-49(51)53-48-31-38-16-8-7-15-37(38)30-47(48)51)39-22-24-46-44(29-39)50(41-20-19-33-11-3-5-13-35(33)27-41)43-17-9-10-18-45(43)52(46,2)42-23-21-34-12-4-6-14-36(34)28-42/h3-25,27-32,46H,26H2,1-2H3. The van der Waals surface area contributed by atoms with Crippen LogP contribution in [0, 0.1) is 5.92 Å². The van der Waals surface area contributed by atoms with Crippen LogP contribution in [0.4, 0.5) is 0 Å². The van der Waals surface area contributed by atoms with Gasteiger partial charge in [-0.2, -0.15) is 0 Å². The van der Waals surface area contributed by atoms with Gasteiger partial charge in [0.2, 0.25) is 0 Å². The van der Waals surface area contributed by atoms with Crippen molar-refractivity contribution in [2.75, 3.05) is 0 Å². The normalized spacial score (nSPS) is 22.8. The van der Waals surface area contributed by atoms with Crippen LogP contribution in [-0.4, -0.2) is 0 Å². The van der Waals surface area contributed by atoms with Gasteiger partial charge in [0.25, 0.3) is 0 Å². The zero-order chi connectivity index (χ0) is 35.3. The van der Waals surface area contributed by atoms with Gasteiger partial charge in [0.05, 0.1) is 5.41 Å². The van der Waals surface area contributed by atoms with Crippen molar-refractivity contribution in [2.24, 2.45) is 5.92 Å². The molecular formula is C52H38O. The highest BCUT2D eigenvalue weighted by Crippen LogP contribution is 2.56. The number of hydrogen-bond donors (Lipinski definition) is 0. The van der Waals surface area contributed by atoms with E-state index in [0.29, 0.717) is 0 Å². The molecule has 7 aromatic carbocycles. The van der Waals surface area contributed by atoms with E-state index < -0.39 is 0 Å². The molecule has 4 aliphatic rings. The Morgan fingerprint density at radius 3 is 1.98 bits per heavy atom. The Labute approximate surface area is 310 Å².